The van der Waals surface area contributed by atoms with Gasteiger partial charge in [-0.15, -0.1) is 0 Å². The van der Waals surface area contributed by atoms with Crippen LogP contribution >= 0.6 is 0 Å². The molecule has 0 saturated carbocycles. The first kappa shape index (κ1) is 20.5. The molecule has 1 aromatic carbocycles. The Balaban J connectivity index is 1.96. The number of hydrogen-bond donors (Lipinski definition) is 3. The molecule has 2 aromatic rings. The molecule has 2 heterocycles. The molecule has 0 radical (unpaired) electrons. The van der Waals surface area contributed by atoms with Crippen LogP contribution in [0.4, 0.5) is 10.1 Å². The van der Waals surface area contributed by atoms with Gasteiger partial charge in [-0.2, -0.15) is 0 Å². The van der Waals surface area contributed by atoms with Gasteiger partial charge in [0.1, 0.15) is 5.82 Å². The summed E-state index contributed by atoms with van der Waals surface area (Å²) in [5.74, 6) is -1.19. The first-order chi connectivity index (χ1) is 13.7. The molecule has 1 aliphatic rings. The summed E-state index contributed by atoms with van der Waals surface area (Å²) < 4.78 is 13.6. The van der Waals surface area contributed by atoms with Gasteiger partial charge in [-0.1, -0.05) is 13.3 Å². The lowest BCUT2D eigenvalue weighted by atomic mass is 10.0. The summed E-state index contributed by atoms with van der Waals surface area (Å²) in [6.07, 6.45) is 2.97. The quantitative estimate of drug-likeness (QED) is 0.649. The van der Waals surface area contributed by atoms with Crippen molar-refractivity contribution in [2.45, 2.75) is 46.6 Å². The van der Waals surface area contributed by atoms with Crippen molar-refractivity contribution in [2.75, 3.05) is 5.32 Å². The minimum Gasteiger partial charge on any atom is -0.358 e. The Labute approximate surface area is 168 Å². The average molecular weight is 397 g/mol. The molecule has 3 N–H and O–H groups in total. The molecule has 0 spiro atoms. The SMILES string of the molecule is CCCC(NC(=O)c1c(C)[nH]c(/C=C2\C(=O)Nc3ccc(F)cc32)c1C)C(C)=O. The summed E-state index contributed by atoms with van der Waals surface area (Å²) in [7, 11) is 0. The molecule has 1 atom stereocenters. The minimum atomic E-state index is -0.529. The monoisotopic (exact) mass is 397 g/mol. The number of carbonyl (C=O) groups is 3. The second-order valence-corrected chi connectivity index (χ2v) is 7.29. The summed E-state index contributed by atoms with van der Waals surface area (Å²) in [5, 5.41) is 5.50. The van der Waals surface area contributed by atoms with E-state index < -0.39 is 11.9 Å². The summed E-state index contributed by atoms with van der Waals surface area (Å²) >= 11 is 0. The summed E-state index contributed by atoms with van der Waals surface area (Å²) in [6.45, 7) is 6.94. The number of amides is 2. The van der Waals surface area contributed by atoms with Crippen LogP contribution < -0.4 is 10.6 Å². The van der Waals surface area contributed by atoms with Crippen molar-refractivity contribution in [1.29, 1.82) is 0 Å². The number of carbonyl (C=O) groups excluding carboxylic acids is 3. The van der Waals surface area contributed by atoms with Crippen LogP contribution in [-0.2, 0) is 9.59 Å². The highest BCUT2D eigenvalue weighted by Crippen LogP contribution is 2.34. The lowest BCUT2D eigenvalue weighted by molar-refractivity contribution is -0.119. The molecule has 1 aliphatic heterocycles. The fourth-order valence-electron chi connectivity index (χ4n) is 3.60. The van der Waals surface area contributed by atoms with Gasteiger partial charge in [0.15, 0.2) is 5.78 Å². The maximum absolute atomic E-state index is 13.6. The molecule has 3 rings (SSSR count). The number of H-pyrrole nitrogens is 1. The van der Waals surface area contributed by atoms with Crippen LogP contribution in [0, 0.1) is 19.7 Å². The normalized spacial score (nSPS) is 15.2. The van der Waals surface area contributed by atoms with E-state index in [2.05, 4.69) is 15.6 Å². The van der Waals surface area contributed by atoms with Crippen molar-refractivity contribution in [2.24, 2.45) is 0 Å². The molecule has 152 valence electrons. The van der Waals surface area contributed by atoms with Crippen molar-refractivity contribution in [3.05, 3.63) is 52.1 Å². The lowest BCUT2D eigenvalue weighted by Crippen LogP contribution is -2.40. The molecule has 29 heavy (non-hydrogen) atoms. The number of halogens is 1. The third-order valence-electron chi connectivity index (χ3n) is 5.13. The molecule has 6 nitrogen and oxygen atoms in total. The van der Waals surface area contributed by atoms with Crippen LogP contribution in [0.3, 0.4) is 0 Å². The number of aromatic amines is 1. The molecule has 7 heteroatoms. The van der Waals surface area contributed by atoms with E-state index >= 15 is 0 Å². The number of benzene rings is 1. The van der Waals surface area contributed by atoms with Crippen LogP contribution in [0.25, 0.3) is 11.6 Å². The van der Waals surface area contributed by atoms with E-state index in [9.17, 15) is 18.8 Å². The van der Waals surface area contributed by atoms with Gasteiger partial charge in [0.05, 0.1) is 17.2 Å². The highest BCUT2D eigenvalue weighted by atomic mass is 19.1. The number of aromatic nitrogens is 1. The molecule has 1 aromatic heterocycles. The van der Waals surface area contributed by atoms with Gasteiger partial charge < -0.3 is 15.6 Å². The molecule has 0 aliphatic carbocycles. The number of nitrogens with one attached hydrogen (secondary N) is 3. The zero-order valence-electron chi connectivity index (χ0n) is 16.9. The van der Waals surface area contributed by atoms with Crippen LogP contribution in [0.2, 0.25) is 0 Å². The summed E-state index contributed by atoms with van der Waals surface area (Å²) in [6, 6.07) is 3.58. The second kappa shape index (κ2) is 8.03. The van der Waals surface area contributed by atoms with Crippen molar-refractivity contribution in [1.82, 2.24) is 10.3 Å². The topological polar surface area (TPSA) is 91.1 Å². The third-order valence-corrected chi connectivity index (χ3v) is 5.13. The van der Waals surface area contributed by atoms with Crippen LogP contribution in [-0.4, -0.2) is 28.6 Å². The van der Waals surface area contributed by atoms with E-state index in [1.807, 2.05) is 6.92 Å². The molecule has 1 unspecified atom stereocenters. The lowest BCUT2D eigenvalue weighted by Gasteiger charge is -2.15. The highest BCUT2D eigenvalue weighted by molar-refractivity contribution is 6.34. The number of anilines is 1. The van der Waals surface area contributed by atoms with Crippen LogP contribution in [0.5, 0.6) is 0 Å². The van der Waals surface area contributed by atoms with E-state index in [4.69, 9.17) is 0 Å². The van der Waals surface area contributed by atoms with E-state index in [1.165, 1.54) is 25.1 Å². The zero-order chi connectivity index (χ0) is 21.3. The molecule has 0 bridgehead atoms. The Morgan fingerprint density at radius 2 is 2.00 bits per heavy atom. The second-order valence-electron chi connectivity index (χ2n) is 7.29. The molecular weight excluding hydrogens is 373 g/mol. The van der Waals surface area contributed by atoms with Crippen LogP contribution in [0.15, 0.2) is 18.2 Å². The summed E-state index contributed by atoms with van der Waals surface area (Å²) in [5.41, 5.74) is 3.66. The van der Waals surface area contributed by atoms with E-state index in [0.29, 0.717) is 45.8 Å². The van der Waals surface area contributed by atoms with Crippen molar-refractivity contribution in [3.63, 3.8) is 0 Å². The Bertz CT molecular complexity index is 1040. The smallest absolute Gasteiger partial charge is 0.256 e. The zero-order valence-corrected chi connectivity index (χ0v) is 16.9. The molecular formula is C22H24FN3O3. The fraction of sp³-hybridized carbons (Fsp3) is 0.318. The first-order valence-corrected chi connectivity index (χ1v) is 9.56. The summed E-state index contributed by atoms with van der Waals surface area (Å²) in [4.78, 5) is 40.0. The van der Waals surface area contributed by atoms with E-state index in [1.54, 1.807) is 19.9 Å². The molecule has 0 fully saturated rings. The number of rotatable bonds is 6. The number of Topliss-reactive ketones (excluding diaryl/α,β-unsaturated/α-hetero) is 1. The average Bonchev–Trinajstić information content (AvgIpc) is 3.10. The van der Waals surface area contributed by atoms with Crippen molar-refractivity contribution in [3.8, 4) is 0 Å². The minimum absolute atomic E-state index is 0.0883. The van der Waals surface area contributed by atoms with E-state index in [-0.39, 0.29) is 17.6 Å². The Kier molecular flexibility index (Phi) is 5.68. The molecule has 0 saturated heterocycles. The van der Waals surface area contributed by atoms with Gasteiger partial charge in [-0.05, 0) is 57.0 Å². The van der Waals surface area contributed by atoms with Crippen molar-refractivity contribution < 1.29 is 18.8 Å². The van der Waals surface area contributed by atoms with Gasteiger partial charge in [0, 0.05) is 22.6 Å². The standard InChI is InChI=1S/C22H24FN3O3/c1-5-6-17(13(4)27)25-22(29)20-11(2)19(24-12(20)3)10-16-15-9-14(23)7-8-18(15)26-21(16)28/h7-10,17,24H,5-6H2,1-4H3,(H,25,29)(H,26,28)/b16-10-. The number of hydrogen-bond acceptors (Lipinski definition) is 3. The first-order valence-electron chi connectivity index (χ1n) is 9.56. The number of fused-ring (bicyclic) bond motifs is 1. The number of ketones is 1. The van der Waals surface area contributed by atoms with Crippen molar-refractivity contribution >= 4 is 34.9 Å². The Morgan fingerprint density at radius 3 is 2.66 bits per heavy atom. The van der Waals surface area contributed by atoms with E-state index in [0.717, 1.165) is 6.42 Å². The third kappa shape index (κ3) is 3.99. The Hall–Kier alpha value is -3.22. The predicted octanol–water partition coefficient (Wildman–Crippen LogP) is 3.75. The van der Waals surface area contributed by atoms with Gasteiger partial charge in [0.25, 0.3) is 11.8 Å². The molecule has 2 amide bonds. The maximum Gasteiger partial charge on any atom is 0.256 e. The van der Waals surface area contributed by atoms with Gasteiger partial charge in [-0.25, -0.2) is 4.39 Å². The Morgan fingerprint density at radius 1 is 1.28 bits per heavy atom. The fourth-order valence-corrected chi connectivity index (χ4v) is 3.60. The maximum atomic E-state index is 13.6. The number of aryl methyl sites for hydroxylation is 1. The van der Waals surface area contributed by atoms with Gasteiger partial charge >= 0.3 is 0 Å². The van der Waals surface area contributed by atoms with Gasteiger partial charge in [-0.3, -0.25) is 14.4 Å². The van der Waals surface area contributed by atoms with Gasteiger partial charge in [0.2, 0.25) is 0 Å². The van der Waals surface area contributed by atoms with Crippen LogP contribution in [0.1, 0.15) is 59.6 Å². The predicted molar refractivity (Wildman–Crippen MR) is 110 cm³/mol. The largest absolute Gasteiger partial charge is 0.358 e. The highest BCUT2D eigenvalue weighted by Gasteiger charge is 2.26.